The van der Waals surface area contributed by atoms with Gasteiger partial charge in [-0.15, -0.1) is 0 Å². The van der Waals surface area contributed by atoms with Gasteiger partial charge in [-0.25, -0.2) is 29.9 Å². The molecule has 0 fully saturated rings. The summed E-state index contributed by atoms with van der Waals surface area (Å²) in [5.41, 5.74) is 9.03. The SMILES string of the molecule is c1ccc2c(c1)Oc1ccccc1N2c1cc(-c2ncncn2)ccc1-c1ccc(-c2ncncn2)cc1N1c2ccccc2Oc2ccccc21. The average Bonchev–Trinajstić information content (AvgIpc) is 3.22. The van der Waals surface area contributed by atoms with E-state index in [1.54, 1.807) is 0 Å². The van der Waals surface area contributed by atoms with E-state index in [4.69, 9.17) is 9.47 Å². The number of benzene rings is 6. The summed E-state index contributed by atoms with van der Waals surface area (Å²) in [7, 11) is 0. The van der Waals surface area contributed by atoms with E-state index in [0.29, 0.717) is 11.6 Å². The van der Waals surface area contributed by atoms with Gasteiger partial charge in [-0.1, -0.05) is 72.8 Å². The highest BCUT2D eigenvalue weighted by molar-refractivity contribution is 6.01. The predicted molar refractivity (Wildman–Crippen MR) is 199 cm³/mol. The lowest BCUT2D eigenvalue weighted by Crippen LogP contribution is -2.18. The molecule has 0 unspecified atom stereocenters. The van der Waals surface area contributed by atoms with Crippen LogP contribution in [-0.4, -0.2) is 29.9 Å². The Labute approximate surface area is 298 Å². The van der Waals surface area contributed by atoms with Gasteiger partial charge in [0, 0.05) is 22.3 Å². The van der Waals surface area contributed by atoms with Gasteiger partial charge in [0.2, 0.25) is 0 Å². The smallest absolute Gasteiger partial charge is 0.162 e. The maximum absolute atomic E-state index is 6.44. The lowest BCUT2D eigenvalue weighted by atomic mass is 9.94. The fraction of sp³-hybridized carbons (Fsp3) is 0. The first-order chi connectivity index (χ1) is 25.8. The van der Waals surface area contributed by atoms with Gasteiger partial charge in [-0.3, -0.25) is 0 Å². The quantitative estimate of drug-likeness (QED) is 0.175. The molecule has 246 valence electrons. The summed E-state index contributed by atoms with van der Waals surface area (Å²) in [4.78, 5) is 30.6. The molecule has 10 heteroatoms. The minimum atomic E-state index is 0.569. The Morgan fingerprint density at radius 1 is 0.346 bits per heavy atom. The second kappa shape index (κ2) is 12.1. The zero-order chi connectivity index (χ0) is 34.4. The van der Waals surface area contributed by atoms with E-state index in [1.165, 1.54) is 25.3 Å². The van der Waals surface area contributed by atoms with Gasteiger partial charge >= 0.3 is 0 Å². The molecular formula is C42H26N8O2. The number of fused-ring (bicyclic) bond motifs is 4. The van der Waals surface area contributed by atoms with Crippen molar-refractivity contribution in [2.45, 2.75) is 0 Å². The molecule has 0 aliphatic carbocycles. The van der Waals surface area contributed by atoms with E-state index in [1.807, 2.05) is 72.8 Å². The van der Waals surface area contributed by atoms with Crippen molar-refractivity contribution in [1.29, 1.82) is 0 Å². The molecule has 10 rings (SSSR count). The number of hydrogen-bond acceptors (Lipinski definition) is 10. The summed E-state index contributed by atoms with van der Waals surface area (Å²) in [5, 5.41) is 0. The Morgan fingerprint density at radius 3 is 1.02 bits per heavy atom. The zero-order valence-electron chi connectivity index (χ0n) is 27.4. The van der Waals surface area contributed by atoms with E-state index in [2.05, 4.69) is 100 Å². The van der Waals surface area contributed by atoms with Crippen LogP contribution in [0.3, 0.4) is 0 Å². The fourth-order valence-corrected chi connectivity index (χ4v) is 6.87. The third-order valence-electron chi connectivity index (χ3n) is 9.14. The van der Waals surface area contributed by atoms with Crippen LogP contribution < -0.4 is 19.3 Å². The van der Waals surface area contributed by atoms with Crippen molar-refractivity contribution in [3.63, 3.8) is 0 Å². The van der Waals surface area contributed by atoms with E-state index in [0.717, 1.165) is 79.4 Å². The van der Waals surface area contributed by atoms with Crippen LogP contribution in [0.5, 0.6) is 23.0 Å². The lowest BCUT2D eigenvalue weighted by Gasteiger charge is -2.36. The van der Waals surface area contributed by atoms with Crippen LogP contribution in [0, 0.1) is 0 Å². The first-order valence-electron chi connectivity index (χ1n) is 16.7. The van der Waals surface area contributed by atoms with Gasteiger partial charge < -0.3 is 19.3 Å². The normalized spacial score (nSPS) is 12.5. The first kappa shape index (κ1) is 29.5. The van der Waals surface area contributed by atoms with Crippen molar-refractivity contribution < 1.29 is 9.47 Å². The van der Waals surface area contributed by atoms with Crippen LogP contribution in [0.4, 0.5) is 34.1 Å². The van der Waals surface area contributed by atoms with Crippen molar-refractivity contribution >= 4 is 34.1 Å². The van der Waals surface area contributed by atoms with Crippen LogP contribution in [0.25, 0.3) is 33.9 Å². The van der Waals surface area contributed by atoms with Crippen molar-refractivity contribution in [1.82, 2.24) is 29.9 Å². The standard InChI is InChI=1S/C42H26N8O2/c1-5-13-37-31(9-1)49(32-10-2-6-14-38(32)51-37)35-21-27(41-45-23-43-24-46-41)17-19-29(35)30-20-18-28(42-47-25-44-26-48-42)22-36(30)50-33-11-3-7-15-39(33)52-40-16-8-4-12-34(40)50/h1-26H. The summed E-state index contributed by atoms with van der Waals surface area (Å²) in [5.74, 6) is 4.13. The second-order valence-corrected chi connectivity index (χ2v) is 12.1. The third-order valence-corrected chi connectivity index (χ3v) is 9.14. The molecule has 0 radical (unpaired) electrons. The number of aromatic nitrogens is 6. The Morgan fingerprint density at radius 2 is 0.673 bits per heavy atom. The molecule has 2 aromatic heterocycles. The fourth-order valence-electron chi connectivity index (χ4n) is 6.87. The topological polar surface area (TPSA) is 102 Å². The molecule has 52 heavy (non-hydrogen) atoms. The number of hydrogen-bond donors (Lipinski definition) is 0. The minimum Gasteiger partial charge on any atom is -0.453 e. The van der Waals surface area contributed by atoms with Crippen molar-refractivity contribution in [3.05, 3.63) is 159 Å². The second-order valence-electron chi connectivity index (χ2n) is 12.1. The lowest BCUT2D eigenvalue weighted by molar-refractivity contribution is 0.476. The molecule has 0 bridgehead atoms. The van der Waals surface area contributed by atoms with Crippen molar-refractivity contribution in [2.75, 3.05) is 9.80 Å². The van der Waals surface area contributed by atoms with Crippen LogP contribution in [0.2, 0.25) is 0 Å². The highest BCUT2D eigenvalue weighted by Gasteiger charge is 2.31. The molecule has 0 spiro atoms. The van der Waals surface area contributed by atoms with Crippen molar-refractivity contribution in [3.8, 4) is 56.9 Å². The number of ether oxygens (including phenoxy) is 2. The molecule has 2 aliphatic rings. The Balaban J connectivity index is 1.28. The molecule has 8 aromatic rings. The largest absolute Gasteiger partial charge is 0.453 e. The molecule has 0 saturated heterocycles. The number of nitrogens with zero attached hydrogens (tertiary/aromatic N) is 8. The highest BCUT2D eigenvalue weighted by Crippen LogP contribution is 2.56. The maximum Gasteiger partial charge on any atom is 0.162 e. The predicted octanol–water partition coefficient (Wildman–Crippen LogP) is 10.2. The third kappa shape index (κ3) is 4.89. The molecular weight excluding hydrogens is 649 g/mol. The molecule has 0 saturated carbocycles. The van der Waals surface area contributed by atoms with E-state index >= 15 is 0 Å². The average molecular weight is 675 g/mol. The Kier molecular flexibility index (Phi) is 6.88. The summed E-state index contributed by atoms with van der Waals surface area (Å²) in [6.45, 7) is 0. The number of rotatable bonds is 5. The summed E-state index contributed by atoms with van der Waals surface area (Å²) in [6, 6.07) is 44.9. The van der Waals surface area contributed by atoms with Gasteiger partial charge in [0.1, 0.15) is 25.3 Å². The Bertz CT molecular complexity index is 2350. The van der Waals surface area contributed by atoms with Crippen molar-refractivity contribution in [2.24, 2.45) is 0 Å². The zero-order valence-corrected chi connectivity index (χ0v) is 27.4. The van der Waals surface area contributed by atoms with Gasteiger partial charge in [0.15, 0.2) is 34.6 Å². The first-order valence-corrected chi connectivity index (χ1v) is 16.7. The molecule has 4 heterocycles. The van der Waals surface area contributed by atoms with Gasteiger partial charge in [-0.2, -0.15) is 0 Å². The molecule has 2 aliphatic heterocycles. The summed E-state index contributed by atoms with van der Waals surface area (Å²) >= 11 is 0. The van der Waals surface area contributed by atoms with Gasteiger partial charge in [0.05, 0.1) is 34.1 Å². The van der Waals surface area contributed by atoms with Gasteiger partial charge in [-0.05, 0) is 60.7 Å². The number of para-hydroxylation sites is 8. The van der Waals surface area contributed by atoms with E-state index < -0.39 is 0 Å². The molecule has 6 aromatic carbocycles. The van der Waals surface area contributed by atoms with E-state index in [9.17, 15) is 0 Å². The van der Waals surface area contributed by atoms with Crippen LogP contribution in [0.15, 0.2) is 159 Å². The Hall–Kier alpha value is -7.46. The molecule has 0 amide bonds. The summed E-state index contributed by atoms with van der Waals surface area (Å²) in [6.07, 6.45) is 6.06. The van der Waals surface area contributed by atoms with Gasteiger partial charge in [0.25, 0.3) is 0 Å². The number of anilines is 6. The van der Waals surface area contributed by atoms with Crippen LogP contribution >= 0.6 is 0 Å². The maximum atomic E-state index is 6.44. The monoisotopic (exact) mass is 674 g/mol. The molecule has 0 N–H and O–H groups in total. The summed E-state index contributed by atoms with van der Waals surface area (Å²) < 4.78 is 12.9. The van der Waals surface area contributed by atoms with Crippen LogP contribution in [-0.2, 0) is 0 Å². The molecule has 10 nitrogen and oxygen atoms in total. The molecule has 0 atom stereocenters. The highest BCUT2D eigenvalue weighted by atomic mass is 16.5. The van der Waals surface area contributed by atoms with Crippen LogP contribution in [0.1, 0.15) is 0 Å². The minimum absolute atomic E-state index is 0.569. The van der Waals surface area contributed by atoms with E-state index in [-0.39, 0.29) is 0 Å².